The molecule has 4 heteroatoms. The summed E-state index contributed by atoms with van der Waals surface area (Å²) in [5, 5.41) is 7.21. The zero-order valence-electron chi connectivity index (χ0n) is 26.3. The second-order valence-corrected chi connectivity index (χ2v) is 12.8. The van der Waals surface area contributed by atoms with Crippen LogP contribution in [0.3, 0.4) is 0 Å². The molecule has 1 aliphatic heterocycles. The first-order chi connectivity index (χ1) is 24.3. The Morgan fingerprint density at radius 1 is 0.469 bits per heavy atom. The lowest BCUT2D eigenvalue weighted by atomic mass is 9.89. The van der Waals surface area contributed by atoms with Crippen LogP contribution in [-0.4, -0.2) is 9.55 Å². The van der Waals surface area contributed by atoms with E-state index in [0.717, 1.165) is 50.1 Å². The number of rotatable bonds is 3. The predicted molar refractivity (Wildman–Crippen MR) is 202 cm³/mol. The summed E-state index contributed by atoms with van der Waals surface area (Å²) in [7, 11) is 0. The Morgan fingerprint density at radius 3 is 2.18 bits per heavy atom. The van der Waals surface area contributed by atoms with Gasteiger partial charge in [-0.25, -0.2) is 0 Å². The van der Waals surface area contributed by atoms with E-state index in [1.807, 2.05) is 24.5 Å². The molecule has 0 N–H and O–H groups in total. The van der Waals surface area contributed by atoms with E-state index in [9.17, 15) is 0 Å². The highest BCUT2D eigenvalue weighted by atomic mass is 16.3. The van der Waals surface area contributed by atoms with Crippen LogP contribution in [-0.2, 0) is 0 Å². The van der Waals surface area contributed by atoms with E-state index in [1.54, 1.807) is 0 Å². The van der Waals surface area contributed by atoms with E-state index in [2.05, 4.69) is 154 Å². The molecule has 0 aliphatic carbocycles. The van der Waals surface area contributed by atoms with Crippen molar-refractivity contribution in [2.24, 2.45) is 0 Å². The molecule has 4 nitrogen and oxygen atoms in total. The number of pyridine rings is 1. The van der Waals surface area contributed by atoms with Crippen LogP contribution < -0.4 is 4.90 Å². The van der Waals surface area contributed by atoms with Crippen LogP contribution in [0.15, 0.2) is 168 Å². The van der Waals surface area contributed by atoms with Gasteiger partial charge in [-0.15, -0.1) is 0 Å². The maximum atomic E-state index is 6.43. The molecule has 0 saturated carbocycles. The number of aromatic nitrogens is 2. The molecule has 49 heavy (non-hydrogen) atoms. The SMILES string of the molecule is c1cc(-c2ccc3c(c2)c2ccccc2n3-c2cccnc2)cc(N2c3cc4oc5ccccc5c4cc3-c3cccc4cccc2c34)c1. The standard InChI is InChI=1S/C45H27N3O/c1-3-17-39-33(14-1)36-24-30(20-21-40(36)48(39)32-13-8-22-46-27-32)29-11-5-12-31(23-29)47-41-18-7-10-28-9-6-16-35(45(28)41)37-25-38-34-15-2-4-19-43(34)49-44(38)26-42(37)47/h1-27H. The summed E-state index contributed by atoms with van der Waals surface area (Å²) in [6.45, 7) is 0. The largest absolute Gasteiger partial charge is 0.456 e. The number of hydrogen-bond acceptors (Lipinski definition) is 3. The minimum atomic E-state index is 0.892. The lowest BCUT2D eigenvalue weighted by molar-refractivity contribution is 0.669. The van der Waals surface area contributed by atoms with Crippen LogP contribution in [0.2, 0.25) is 0 Å². The summed E-state index contributed by atoms with van der Waals surface area (Å²) in [5.74, 6) is 0. The smallest absolute Gasteiger partial charge is 0.137 e. The van der Waals surface area contributed by atoms with Gasteiger partial charge in [0.1, 0.15) is 11.2 Å². The fraction of sp³-hybridized carbons (Fsp3) is 0. The maximum Gasteiger partial charge on any atom is 0.137 e. The van der Waals surface area contributed by atoms with Gasteiger partial charge in [0.05, 0.1) is 34.3 Å². The Labute approximate surface area is 281 Å². The third kappa shape index (κ3) is 3.77. The van der Waals surface area contributed by atoms with Gasteiger partial charge in [0.15, 0.2) is 0 Å². The number of hydrogen-bond donors (Lipinski definition) is 0. The first-order valence-electron chi connectivity index (χ1n) is 16.6. The van der Waals surface area contributed by atoms with Crippen molar-refractivity contribution in [3.63, 3.8) is 0 Å². The number of para-hydroxylation sites is 2. The molecule has 0 unspecified atom stereocenters. The molecule has 11 rings (SSSR count). The molecule has 3 aromatic heterocycles. The van der Waals surface area contributed by atoms with Crippen LogP contribution in [0.25, 0.3) is 82.5 Å². The lowest BCUT2D eigenvalue weighted by Crippen LogP contribution is -2.15. The topological polar surface area (TPSA) is 34.2 Å². The first-order valence-corrected chi connectivity index (χ1v) is 16.6. The normalized spacial score (nSPS) is 12.4. The van der Waals surface area contributed by atoms with Crippen molar-refractivity contribution < 1.29 is 4.42 Å². The molecule has 228 valence electrons. The third-order valence-corrected chi connectivity index (χ3v) is 10.2. The molecular formula is C45H27N3O. The summed E-state index contributed by atoms with van der Waals surface area (Å²) < 4.78 is 8.74. The molecule has 0 bridgehead atoms. The molecule has 0 radical (unpaired) electrons. The monoisotopic (exact) mass is 625 g/mol. The van der Waals surface area contributed by atoms with Crippen molar-refractivity contribution >= 4 is 71.6 Å². The molecule has 0 saturated heterocycles. The number of anilines is 3. The van der Waals surface area contributed by atoms with Gasteiger partial charge < -0.3 is 13.9 Å². The average Bonchev–Trinajstić information content (AvgIpc) is 3.70. The second kappa shape index (κ2) is 9.93. The second-order valence-electron chi connectivity index (χ2n) is 12.8. The molecule has 0 amide bonds. The zero-order valence-corrected chi connectivity index (χ0v) is 26.3. The number of furan rings is 1. The number of nitrogens with zero attached hydrogens (tertiary/aromatic N) is 3. The van der Waals surface area contributed by atoms with Crippen molar-refractivity contribution in [1.29, 1.82) is 0 Å². The average molecular weight is 626 g/mol. The van der Waals surface area contributed by atoms with Crippen LogP contribution in [0.4, 0.5) is 17.1 Å². The van der Waals surface area contributed by atoms with Gasteiger partial charge in [-0.3, -0.25) is 4.98 Å². The predicted octanol–water partition coefficient (Wildman–Crippen LogP) is 12.3. The zero-order chi connectivity index (χ0) is 32.1. The van der Waals surface area contributed by atoms with Gasteiger partial charge in [0.2, 0.25) is 0 Å². The van der Waals surface area contributed by atoms with E-state index < -0.39 is 0 Å². The Kier molecular flexibility index (Phi) is 5.35. The van der Waals surface area contributed by atoms with Gasteiger partial charge >= 0.3 is 0 Å². The van der Waals surface area contributed by atoms with Crippen molar-refractivity contribution in [2.75, 3.05) is 4.90 Å². The molecular weight excluding hydrogens is 599 g/mol. The fourth-order valence-electron chi connectivity index (χ4n) is 8.04. The summed E-state index contributed by atoms with van der Waals surface area (Å²) >= 11 is 0. The highest BCUT2D eigenvalue weighted by Crippen LogP contribution is 2.53. The van der Waals surface area contributed by atoms with Crippen molar-refractivity contribution in [1.82, 2.24) is 9.55 Å². The molecule has 7 aromatic carbocycles. The van der Waals surface area contributed by atoms with E-state index in [1.165, 1.54) is 49.4 Å². The molecule has 1 aliphatic rings. The van der Waals surface area contributed by atoms with Crippen LogP contribution in [0, 0.1) is 0 Å². The highest BCUT2D eigenvalue weighted by molar-refractivity contribution is 6.18. The van der Waals surface area contributed by atoms with E-state index >= 15 is 0 Å². The first kappa shape index (κ1) is 26.4. The van der Waals surface area contributed by atoms with Crippen LogP contribution in [0.1, 0.15) is 0 Å². The summed E-state index contributed by atoms with van der Waals surface area (Å²) in [5.41, 5.74) is 13.4. The van der Waals surface area contributed by atoms with Gasteiger partial charge in [0.25, 0.3) is 0 Å². The van der Waals surface area contributed by atoms with Crippen molar-refractivity contribution in [2.45, 2.75) is 0 Å². The Hall–Kier alpha value is -6.65. The van der Waals surface area contributed by atoms with E-state index in [-0.39, 0.29) is 0 Å². The van der Waals surface area contributed by atoms with Crippen LogP contribution in [0.5, 0.6) is 0 Å². The van der Waals surface area contributed by atoms with Gasteiger partial charge in [-0.2, -0.15) is 0 Å². The van der Waals surface area contributed by atoms with Crippen LogP contribution >= 0.6 is 0 Å². The van der Waals surface area contributed by atoms with Gasteiger partial charge in [-0.1, -0.05) is 84.9 Å². The Bertz CT molecular complexity index is 2950. The number of benzene rings is 7. The van der Waals surface area contributed by atoms with Gasteiger partial charge in [0, 0.05) is 50.4 Å². The Morgan fingerprint density at radius 2 is 1.27 bits per heavy atom. The van der Waals surface area contributed by atoms with E-state index in [4.69, 9.17) is 4.42 Å². The molecule has 0 spiro atoms. The summed E-state index contributed by atoms with van der Waals surface area (Å²) in [4.78, 5) is 6.82. The summed E-state index contributed by atoms with van der Waals surface area (Å²) in [6.07, 6.45) is 3.75. The Balaban J connectivity index is 1.13. The fourth-order valence-corrected chi connectivity index (χ4v) is 8.04. The molecule has 0 fully saturated rings. The third-order valence-electron chi connectivity index (χ3n) is 10.2. The maximum absolute atomic E-state index is 6.43. The minimum Gasteiger partial charge on any atom is -0.456 e. The minimum absolute atomic E-state index is 0.892. The van der Waals surface area contributed by atoms with Gasteiger partial charge in [-0.05, 0) is 82.7 Å². The lowest BCUT2D eigenvalue weighted by Gasteiger charge is -2.33. The molecule has 4 heterocycles. The van der Waals surface area contributed by atoms with Crippen molar-refractivity contribution in [3.05, 3.63) is 164 Å². The molecule has 10 aromatic rings. The number of fused-ring (bicyclic) bond motifs is 8. The summed E-state index contributed by atoms with van der Waals surface area (Å²) in [6, 6.07) is 54.6. The van der Waals surface area contributed by atoms with E-state index in [0.29, 0.717) is 0 Å². The molecule has 0 atom stereocenters. The van der Waals surface area contributed by atoms with Crippen molar-refractivity contribution in [3.8, 4) is 27.9 Å². The highest BCUT2D eigenvalue weighted by Gasteiger charge is 2.28. The quantitative estimate of drug-likeness (QED) is 0.196.